The van der Waals surface area contributed by atoms with Crippen LogP contribution in [-0.2, 0) is 9.53 Å². The smallest absolute Gasteiger partial charge is 0.364 e. The predicted molar refractivity (Wildman–Crippen MR) is 54.1 cm³/mol. The predicted octanol–water partition coefficient (Wildman–Crippen LogP) is -2.06. The summed E-state index contributed by atoms with van der Waals surface area (Å²) >= 11 is 0. The van der Waals surface area contributed by atoms with Crippen LogP contribution in [0.15, 0.2) is 5.11 Å². The Morgan fingerprint density at radius 2 is 2.22 bits per heavy atom. The third kappa shape index (κ3) is 2.88. The highest BCUT2D eigenvalue weighted by Gasteiger charge is 2.52. The lowest BCUT2D eigenvalue weighted by atomic mass is 9.92. The maximum Gasteiger partial charge on any atom is 0.364 e. The minimum Gasteiger partial charge on any atom is -0.477 e. The van der Waals surface area contributed by atoms with Crippen LogP contribution >= 0.6 is 0 Å². The van der Waals surface area contributed by atoms with Crippen LogP contribution in [0.4, 0.5) is 0 Å². The van der Waals surface area contributed by atoms with Gasteiger partial charge in [-0.2, -0.15) is 0 Å². The largest absolute Gasteiger partial charge is 0.477 e. The van der Waals surface area contributed by atoms with Crippen molar-refractivity contribution in [3.63, 3.8) is 0 Å². The molecular formula is C8H13N3O7. The standard InChI is InChI=1S/C8H13N3O7/c9-11-10-2-4(13)6-5(14)3(12)1-8(17,18-6)7(15)16/h3-6,12-14,17H,1-2H2,(H,15,16)/t3-,4-,5-,6-,8-/m1/s1. The van der Waals surface area contributed by atoms with Crippen molar-refractivity contribution in [2.24, 2.45) is 5.11 Å². The number of carboxylic acids is 1. The molecule has 5 atom stereocenters. The lowest BCUT2D eigenvalue weighted by Crippen LogP contribution is -2.61. The van der Waals surface area contributed by atoms with E-state index in [9.17, 15) is 25.2 Å². The van der Waals surface area contributed by atoms with Gasteiger partial charge in [-0.05, 0) is 5.53 Å². The quantitative estimate of drug-likeness (QED) is 0.220. The second kappa shape index (κ2) is 5.48. The summed E-state index contributed by atoms with van der Waals surface area (Å²) < 4.78 is 4.69. The molecule has 1 saturated heterocycles. The van der Waals surface area contributed by atoms with Crippen molar-refractivity contribution in [3.8, 4) is 0 Å². The topological polar surface area (TPSA) is 176 Å². The Morgan fingerprint density at radius 3 is 2.72 bits per heavy atom. The van der Waals surface area contributed by atoms with Crippen molar-refractivity contribution in [3.05, 3.63) is 10.4 Å². The Labute approximate surface area is 101 Å². The minimum absolute atomic E-state index is 0.499. The van der Waals surface area contributed by atoms with Crippen LogP contribution < -0.4 is 0 Å². The summed E-state index contributed by atoms with van der Waals surface area (Å²) in [4.78, 5) is 13.2. The summed E-state index contributed by atoms with van der Waals surface area (Å²) in [6, 6.07) is 0. The molecular weight excluding hydrogens is 250 g/mol. The van der Waals surface area contributed by atoms with E-state index in [1.54, 1.807) is 0 Å². The molecule has 18 heavy (non-hydrogen) atoms. The minimum atomic E-state index is -2.71. The number of hydrogen-bond donors (Lipinski definition) is 5. The molecule has 0 unspecified atom stereocenters. The molecule has 0 aromatic rings. The van der Waals surface area contributed by atoms with Crippen LogP contribution in [0, 0.1) is 0 Å². The number of nitrogens with zero attached hydrogens (tertiary/aromatic N) is 3. The Bertz CT molecular complexity index is 372. The second-order valence-corrected chi connectivity index (χ2v) is 3.91. The van der Waals surface area contributed by atoms with Gasteiger partial charge in [0.1, 0.15) is 12.2 Å². The Kier molecular flexibility index (Phi) is 4.46. The molecule has 10 nitrogen and oxygen atoms in total. The van der Waals surface area contributed by atoms with Gasteiger partial charge in [-0.15, -0.1) is 0 Å². The molecule has 1 rings (SSSR count). The Hall–Kier alpha value is -1.42. The van der Waals surface area contributed by atoms with E-state index in [1.807, 2.05) is 0 Å². The van der Waals surface area contributed by atoms with E-state index in [4.69, 9.17) is 10.6 Å². The van der Waals surface area contributed by atoms with E-state index in [-0.39, 0.29) is 0 Å². The normalized spacial score (nSPS) is 37.7. The van der Waals surface area contributed by atoms with Gasteiger partial charge in [-0.25, -0.2) is 4.79 Å². The first-order valence-corrected chi connectivity index (χ1v) is 5.00. The number of ether oxygens (including phenoxy) is 1. The van der Waals surface area contributed by atoms with Crippen molar-refractivity contribution in [2.45, 2.75) is 36.6 Å². The van der Waals surface area contributed by atoms with E-state index in [0.717, 1.165) is 0 Å². The van der Waals surface area contributed by atoms with E-state index >= 15 is 0 Å². The number of carbonyl (C=O) groups is 1. The molecule has 5 N–H and O–H groups in total. The fourth-order valence-corrected chi connectivity index (χ4v) is 1.63. The molecule has 10 heteroatoms. The van der Waals surface area contributed by atoms with Crippen LogP contribution in [0.2, 0.25) is 0 Å². The van der Waals surface area contributed by atoms with Gasteiger partial charge in [-0.3, -0.25) is 0 Å². The summed E-state index contributed by atoms with van der Waals surface area (Å²) in [6.45, 7) is -0.499. The maximum absolute atomic E-state index is 10.8. The van der Waals surface area contributed by atoms with Gasteiger partial charge >= 0.3 is 5.97 Å². The summed E-state index contributed by atoms with van der Waals surface area (Å²) in [7, 11) is 0. The van der Waals surface area contributed by atoms with Gasteiger partial charge < -0.3 is 30.3 Å². The maximum atomic E-state index is 10.8. The molecule has 0 aromatic carbocycles. The zero-order valence-electron chi connectivity index (χ0n) is 9.12. The van der Waals surface area contributed by atoms with E-state index in [0.29, 0.717) is 0 Å². The number of aliphatic hydroxyl groups excluding tert-OH is 3. The fraction of sp³-hybridized carbons (Fsp3) is 0.875. The SMILES string of the molecule is [N-]=[N+]=NC[C@@H](O)[C@H]1O[C@@](O)(C(=O)O)C[C@@H](O)[C@H]1O. The summed E-state index contributed by atoms with van der Waals surface area (Å²) in [5.74, 6) is -4.46. The molecule has 0 radical (unpaired) electrons. The highest BCUT2D eigenvalue weighted by atomic mass is 16.7. The monoisotopic (exact) mass is 263 g/mol. The molecule has 1 aliphatic heterocycles. The van der Waals surface area contributed by atoms with Crippen molar-refractivity contribution < 1.29 is 35.1 Å². The molecule has 1 aliphatic rings. The van der Waals surface area contributed by atoms with Crippen LogP contribution in [0.3, 0.4) is 0 Å². The molecule has 102 valence electrons. The molecule has 0 amide bonds. The summed E-state index contributed by atoms with van der Waals surface area (Å²) in [6.07, 6.45) is -7.08. The van der Waals surface area contributed by atoms with E-state index < -0.39 is 49.1 Å². The first-order chi connectivity index (χ1) is 8.31. The molecule has 0 saturated carbocycles. The summed E-state index contributed by atoms with van der Waals surface area (Å²) in [5, 5.41) is 49.9. The first kappa shape index (κ1) is 14.6. The number of rotatable bonds is 4. The molecule has 0 aromatic heterocycles. The molecule has 1 heterocycles. The molecule has 0 spiro atoms. The highest BCUT2D eigenvalue weighted by molar-refractivity contribution is 5.75. The van der Waals surface area contributed by atoms with Crippen LogP contribution in [0.1, 0.15) is 6.42 Å². The number of carboxylic acid groups (broad SMARTS) is 1. The van der Waals surface area contributed by atoms with Crippen molar-refractivity contribution in [1.29, 1.82) is 0 Å². The molecule has 1 fully saturated rings. The lowest BCUT2D eigenvalue weighted by Gasteiger charge is -2.41. The van der Waals surface area contributed by atoms with Gasteiger partial charge in [0.15, 0.2) is 0 Å². The van der Waals surface area contributed by atoms with Crippen molar-refractivity contribution in [1.82, 2.24) is 0 Å². The zero-order valence-corrected chi connectivity index (χ0v) is 9.12. The van der Waals surface area contributed by atoms with E-state index in [1.165, 1.54) is 0 Å². The van der Waals surface area contributed by atoms with Gasteiger partial charge in [0.2, 0.25) is 0 Å². The van der Waals surface area contributed by atoms with Crippen molar-refractivity contribution >= 4 is 5.97 Å². The molecule has 0 bridgehead atoms. The highest BCUT2D eigenvalue weighted by Crippen LogP contribution is 2.29. The summed E-state index contributed by atoms with van der Waals surface area (Å²) in [5.41, 5.74) is 8.07. The van der Waals surface area contributed by atoms with Crippen LogP contribution in [0.5, 0.6) is 0 Å². The van der Waals surface area contributed by atoms with Crippen LogP contribution in [0.25, 0.3) is 10.4 Å². The van der Waals surface area contributed by atoms with E-state index in [2.05, 4.69) is 14.8 Å². The lowest BCUT2D eigenvalue weighted by molar-refractivity contribution is -0.306. The van der Waals surface area contributed by atoms with Gasteiger partial charge in [0.05, 0.1) is 18.8 Å². The number of aliphatic hydroxyl groups is 4. The third-order valence-electron chi connectivity index (χ3n) is 2.59. The van der Waals surface area contributed by atoms with Gasteiger partial charge in [-0.1, -0.05) is 5.11 Å². The van der Waals surface area contributed by atoms with Gasteiger partial charge in [0, 0.05) is 11.3 Å². The van der Waals surface area contributed by atoms with Crippen LogP contribution in [-0.4, -0.2) is 68.2 Å². The Balaban J connectivity index is 2.88. The number of hydrogen-bond acceptors (Lipinski definition) is 7. The number of aliphatic carboxylic acids is 1. The molecule has 0 aliphatic carbocycles. The average Bonchev–Trinajstić information content (AvgIpc) is 2.30. The second-order valence-electron chi connectivity index (χ2n) is 3.91. The average molecular weight is 263 g/mol. The zero-order chi connectivity index (χ0) is 13.9. The van der Waals surface area contributed by atoms with Gasteiger partial charge in [0.25, 0.3) is 5.79 Å². The Morgan fingerprint density at radius 1 is 1.61 bits per heavy atom. The number of azide groups is 1. The third-order valence-corrected chi connectivity index (χ3v) is 2.59. The fourth-order valence-electron chi connectivity index (χ4n) is 1.63. The van der Waals surface area contributed by atoms with Crippen molar-refractivity contribution in [2.75, 3.05) is 6.54 Å². The first-order valence-electron chi connectivity index (χ1n) is 5.00.